The number of carbonyl (C=O) groups is 1. The summed E-state index contributed by atoms with van der Waals surface area (Å²) in [5.41, 5.74) is 1.12. The molecule has 7 heteroatoms. The first-order valence-electron chi connectivity index (χ1n) is 10.6. The van der Waals surface area contributed by atoms with Gasteiger partial charge in [0.25, 0.3) is 5.91 Å². The third-order valence-electron chi connectivity index (χ3n) is 5.47. The fourth-order valence-corrected chi connectivity index (χ4v) is 5.33. The molecule has 0 bridgehead atoms. The van der Waals surface area contributed by atoms with Crippen molar-refractivity contribution in [1.29, 1.82) is 0 Å². The Morgan fingerprint density at radius 3 is 2.13 bits per heavy atom. The van der Waals surface area contributed by atoms with E-state index < -0.39 is 10.0 Å². The lowest BCUT2D eigenvalue weighted by atomic mass is 9.97. The number of hydrogen-bond acceptors (Lipinski definition) is 3. The number of sulfonamides is 1. The maximum Gasteiger partial charge on any atom is 0.275 e. The SMILES string of the molecule is CC(C)C[C@@H](NC(=O)C[NH+]1CCN(S(=O)(=O)c2ccccc2)CC1)c1ccccc1. The van der Waals surface area contributed by atoms with E-state index in [4.69, 9.17) is 0 Å². The zero-order chi connectivity index (χ0) is 21.6. The fourth-order valence-electron chi connectivity index (χ4n) is 3.87. The van der Waals surface area contributed by atoms with Crippen molar-refractivity contribution in [3.8, 4) is 0 Å². The van der Waals surface area contributed by atoms with Crippen molar-refractivity contribution in [3.05, 3.63) is 66.2 Å². The molecular formula is C23H32N3O3S+. The molecule has 1 amide bonds. The van der Waals surface area contributed by atoms with E-state index in [2.05, 4.69) is 19.2 Å². The van der Waals surface area contributed by atoms with Crippen LogP contribution in [0.25, 0.3) is 0 Å². The zero-order valence-electron chi connectivity index (χ0n) is 17.8. The molecule has 1 heterocycles. The summed E-state index contributed by atoms with van der Waals surface area (Å²) in [7, 11) is -3.46. The Hall–Kier alpha value is -2.22. The minimum absolute atomic E-state index is 0.00199. The molecule has 2 N–H and O–H groups in total. The van der Waals surface area contributed by atoms with Crippen molar-refractivity contribution in [3.63, 3.8) is 0 Å². The number of rotatable bonds is 8. The Labute approximate surface area is 179 Å². The molecule has 1 aliphatic rings. The molecule has 1 aliphatic heterocycles. The largest absolute Gasteiger partial charge is 0.344 e. The average Bonchev–Trinajstić information content (AvgIpc) is 2.74. The topological polar surface area (TPSA) is 70.9 Å². The van der Waals surface area contributed by atoms with E-state index in [0.29, 0.717) is 43.5 Å². The van der Waals surface area contributed by atoms with Crippen molar-refractivity contribution in [2.75, 3.05) is 32.7 Å². The highest BCUT2D eigenvalue weighted by Crippen LogP contribution is 2.21. The summed E-state index contributed by atoms with van der Waals surface area (Å²) < 4.78 is 27.0. The number of hydrogen-bond donors (Lipinski definition) is 2. The van der Waals surface area contributed by atoms with Crippen LogP contribution in [0, 0.1) is 5.92 Å². The van der Waals surface area contributed by atoms with E-state index in [-0.39, 0.29) is 11.9 Å². The maximum absolute atomic E-state index is 12.8. The number of carbonyl (C=O) groups excluding carboxylic acids is 1. The molecule has 6 nitrogen and oxygen atoms in total. The molecule has 1 saturated heterocycles. The monoisotopic (exact) mass is 430 g/mol. The molecular weight excluding hydrogens is 398 g/mol. The zero-order valence-corrected chi connectivity index (χ0v) is 18.6. The van der Waals surface area contributed by atoms with Crippen molar-refractivity contribution in [2.45, 2.75) is 31.2 Å². The number of quaternary nitrogens is 1. The third kappa shape index (κ3) is 5.90. The van der Waals surface area contributed by atoms with Gasteiger partial charge in [0.15, 0.2) is 6.54 Å². The molecule has 1 fully saturated rings. The molecule has 162 valence electrons. The van der Waals surface area contributed by atoms with Gasteiger partial charge in [-0.2, -0.15) is 4.31 Å². The summed E-state index contributed by atoms with van der Waals surface area (Å²) in [5.74, 6) is 0.480. The Bertz CT molecular complexity index is 909. The molecule has 3 rings (SSSR count). The summed E-state index contributed by atoms with van der Waals surface area (Å²) in [5, 5.41) is 3.19. The van der Waals surface area contributed by atoms with Gasteiger partial charge in [0.1, 0.15) is 0 Å². The molecule has 0 aliphatic carbocycles. The second-order valence-electron chi connectivity index (χ2n) is 8.30. The normalized spacial score (nSPS) is 17.0. The van der Waals surface area contributed by atoms with Crippen LogP contribution in [0.1, 0.15) is 31.9 Å². The van der Waals surface area contributed by atoms with Crippen LogP contribution in [0.2, 0.25) is 0 Å². The highest BCUT2D eigenvalue weighted by Gasteiger charge is 2.31. The Balaban J connectivity index is 1.54. The minimum Gasteiger partial charge on any atom is -0.344 e. The fraction of sp³-hybridized carbons (Fsp3) is 0.435. The van der Waals surface area contributed by atoms with Crippen molar-refractivity contribution < 1.29 is 18.1 Å². The van der Waals surface area contributed by atoms with Crippen LogP contribution in [-0.4, -0.2) is 51.4 Å². The summed E-state index contributed by atoms with van der Waals surface area (Å²) in [6, 6.07) is 18.6. The highest BCUT2D eigenvalue weighted by molar-refractivity contribution is 7.89. The number of benzene rings is 2. The van der Waals surface area contributed by atoms with Gasteiger partial charge in [-0.05, 0) is 30.0 Å². The van der Waals surface area contributed by atoms with Gasteiger partial charge in [-0.1, -0.05) is 62.4 Å². The first-order valence-corrected chi connectivity index (χ1v) is 12.0. The summed E-state index contributed by atoms with van der Waals surface area (Å²) in [6.07, 6.45) is 0.883. The van der Waals surface area contributed by atoms with Crippen LogP contribution in [0.15, 0.2) is 65.6 Å². The van der Waals surface area contributed by atoms with Gasteiger partial charge in [-0.15, -0.1) is 0 Å². The predicted octanol–water partition coefficient (Wildman–Crippen LogP) is 1.48. The van der Waals surface area contributed by atoms with Crippen LogP contribution in [0.4, 0.5) is 0 Å². The lowest BCUT2D eigenvalue weighted by Crippen LogP contribution is -3.15. The molecule has 0 radical (unpaired) electrons. The van der Waals surface area contributed by atoms with Crippen LogP contribution >= 0.6 is 0 Å². The van der Waals surface area contributed by atoms with E-state index >= 15 is 0 Å². The molecule has 0 saturated carbocycles. The van der Waals surface area contributed by atoms with Gasteiger partial charge in [0.2, 0.25) is 10.0 Å². The molecule has 1 atom stereocenters. The number of amides is 1. The quantitative estimate of drug-likeness (QED) is 0.667. The maximum atomic E-state index is 12.8. The molecule has 0 spiro atoms. The standard InChI is InChI=1S/C23H31N3O3S/c1-19(2)17-22(20-9-5-3-6-10-20)24-23(27)18-25-13-15-26(16-14-25)30(28,29)21-11-7-4-8-12-21/h3-12,19,22H,13-18H2,1-2H3,(H,24,27)/p+1/t22-/m1/s1. The van der Waals surface area contributed by atoms with Gasteiger partial charge in [-0.25, -0.2) is 8.42 Å². The number of nitrogens with one attached hydrogen (secondary N) is 2. The van der Waals surface area contributed by atoms with E-state index in [1.807, 2.05) is 36.4 Å². The molecule has 0 aromatic heterocycles. The second-order valence-corrected chi connectivity index (χ2v) is 10.2. The molecule has 2 aromatic carbocycles. The first-order chi connectivity index (χ1) is 14.4. The molecule has 2 aromatic rings. The van der Waals surface area contributed by atoms with Gasteiger partial charge < -0.3 is 10.2 Å². The minimum atomic E-state index is -3.46. The highest BCUT2D eigenvalue weighted by atomic mass is 32.2. The van der Waals surface area contributed by atoms with Crippen molar-refractivity contribution >= 4 is 15.9 Å². The van der Waals surface area contributed by atoms with E-state index in [1.165, 1.54) is 4.31 Å². The van der Waals surface area contributed by atoms with Gasteiger partial charge in [0, 0.05) is 0 Å². The van der Waals surface area contributed by atoms with Gasteiger partial charge >= 0.3 is 0 Å². The second kappa shape index (κ2) is 10.2. The van der Waals surface area contributed by atoms with Gasteiger partial charge in [-0.3, -0.25) is 4.79 Å². The van der Waals surface area contributed by atoms with Crippen LogP contribution in [0.5, 0.6) is 0 Å². The van der Waals surface area contributed by atoms with Crippen LogP contribution in [0.3, 0.4) is 0 Å². The average molecular weight is 431 g/mol. The molecule has 30 heavy (non-hydrogen) atoms. The van der Waals surface area contributed by atoms with E-state index in [1.54, 1.807) is 24.3 Å². The van der Waals surface area contributed by atoms with E-state index in [0.717, 1.165) is 16.9 Å². The van der Waals surface area contributed by atoms with Crippen LogP contribution < -0.4 is 10.2 Å². The van der Waals surface area contributed by atoms with Gasteiger partial charge in [0.05, 0.1) is 37.1 Å². The summed E-state index contributed by atoms with van der Waals surface area (Å²) in [4.78, 5) is 14.2. The Morgan fingerprint density at radius 2 is 1.57 bits per heavy atom. The summed E-state index contributed by atoms with van der Waals surface area (Å²) in [6.45, 7) is 6.77. The lowest BCUT2D eigenvalue weighted by molar-refractivity contribution is -0.895. The number of nitrogens with zero attached hydrogens (tertiary/aromatic N) is 1. The van der Waals surface area contributed by atoms with Crippen molar-refractivity contribution in [1.82, 2.24) is 9.62 Å². The lowest BCUT2D eigenvalue weighted by Gasteiger charge is -2.31. The molecule has 0 unspecified atom stereocenters. The van der Waals surface area contributed by atoms with Crippen LogP contribution in [-0.2, 0) is 14.8 Å². The predicted molar refractivity (Wildman–Crippen MR) is 118 cm³/mol. The first kappa shape index (κ1) is 22.5. The smallest absolute Gasteiger partial charge is 0.275 e. The van der Waals surface area contributed by atoms with Crippen molar-refractivity contribution in [2.24, 2.45) is 5.92 Å². The van der Waals surface area contributed by atoms with E-state index in [9.17, 15) is 13.2 Å². The Kier molecular flexibility index (Phi) is 7.64. The third-order valence-corrected chi connectivity index (χ3v) is 7.38. The Morgan fingerprint density at radius 1 is 1.00 bits per heavy atom. The summed E-state index contributed by atoms with van der Waals surface area (Å²) >= 11 is 0. The number of piperazine rings is 1.